The molecule has 0 spiro atoms. The number of halogens is 1. The van der Waals surface area contributed by atoms with Crippen molar-refractivity contribution >= 4 is 44.4 Å². The van der Waals surface area contributed by atoms with Crippen molar-refractivity contribution < 1.29 is 4.79 Å². The Morgan fingerprint density at radius 3 is 2.41 bits per heavy atom. The zero-order valence-corrected chi connectivity index (χ0v) is 25.9. The summed E-state index contributed by atoms with van der Waals surface area (Å²) in [4.78, 5) is 35.7. The Hall–Kier alpha value is -3.89. The molecule has 4 aromatic rings. The van der Waals surface area contributed by atoms with Crippen LogP contribution in [0.1, 0.15) is 76.0 Å². The number of H-pyrrole nitrogens is 1. The average Bonchev–Trinajstić information content (AvgIpc) is 2.96. The lowest BCUT2D eigenvalue weighted by atomic mass is 9.88. The third-order valence-electron chi connectivity index (χ3n) is 7.04. The number of rotatable bonds is 8. The highest BCUT2D eigenvalue weighted by molar-refractivity contribution is 9.09. The van der Waals surface area contributed by atoms with E-state index in [0.717, 1.165) is 51.7 Å². The number of anilines is 2. The SMILES string of the molecule is CCCCN(C(=O)Nc1c(C(C)C)cc(-c2cccc(C#CCBr)c2)cc1C(C)C)c1cc2cccnc2[nH]c1=O. The molecule has 2 aromatic heterocycles. The lowest BCUT2D eigenvalue weighted by molar-refractivity contribution is 0.256. The summed E-state index contributed by atoms with van der Waals surface area (Å²) in [6.45, 7) is 11.0. The second kappa shape index (κ2) is 13.6. The number of unbranched alkanes of at least 4 members (excludes halogenated alkanes) is 1. The maximum Gasteiger partial charge on any atom is 0.326 e. The summed E-state index contributed by atoms with van der Waals surface area (Å²) in [6, 6.07) is 17.7. The van der Waals surface area contributed by atoms with Gasteiger partial charge in [-0.2, -0.15) is 0 Å². The first-order chi connectivity index (χ1) is 19.7. The van der Waals surface area contributed by atoms with E-state index in [1.807, 2.05) is 24.3 Å². The minimum absolute atomic E-state index is 0.151. The maximum atomic E-state index is 14.0. The molecule has 212 valence electrons. The number of hydrogen-bond acceptors (Lipinski definition) is 3. The number of hydrogen-bond donors (Lipinski definition) is 2. The predicted octanol–water partition coefficient (Wildman–Crippen LogP) is 8.42. The number of nitrogens with zero attached hydrogens (tertiary/aromatic N) is 2. The van der Waals surface area contributed by atoms with E-state index >= 15 is 0 Å². The van der Waals surface area contributed by atoms with Crippen LogP contribution in [-0.2, 0) is 0 Å². The zero-order valence-electron chi connectivity index (χ0n) is 24.3. The number of carbonyl (C=O) groups excluding carboxylic acids is 1. The van der Waals surface area contributed by atoms with Gasteiger partial charge in [-0.25, -0.2) is 9.78 Å². The first kappa shape index (κ1) is 30.1. The van der Waals surface area contributed by atoms with Gasteiger partial charge >= 0.3 is 6.03 Å². The standard InChI is InChI=1S/C34H37BrN4O2/c1-6-7-17-39(30-21-26-14-10-16-36-32(26)38-33(30)40)34(41)37-31-28(22(2)3)19-27(20-29(31)23(4)5)25-13-8-11-24(18-25)12-9-15-35/h8,10-11,13-14,16,18-23H,6-7,15,17H2,1-5H3,(H,37,41)(H,36,38,40). The van der Waals surface area contributed by atoms with Gasteiger partial charge in [0.2, 0.25) is 0 Å². The maximum absolute atomic E-state index is 14.0. The number of urea groups is 1. The highest BCUT2D eigenvalue weighted by Gasteiger charge is 2.24. The summed E-state index contributed by atoms with van der Waals surface area (Å²) in [5.74, 6) is 6.56. The van der Waals surface area contributed by atoms with Gasteiger partial charge in [0.1, 0.15) is 11.3 Å². The Morgan fingerprint density at radius 1 is 1.02 bits per heavy atom. The van der Waals surface area contributed by atoms with Crippen LogP contribution in [0.3, 0.4) is 0 Å². The van der Waals surface area contributed by atoms with E-state index in [1.165, 1.54) is 0 Å². The molecular weight excluding hydrogens is 576 g/mol. The normalized spacial score (nSPS) is 11.0. The Morgan fingerprint density at radius 2 is 1.76 bits per heavy atom. The number of benzene rings is 2. The molecule has 0 radical (unpaired) electrons. The molecule has 2 N–H and O–H groups in total. The van der Waals surface area contributed by atoms with Gasteiger partial charge in [0, 0.05) is 29.4 Å². The molecule has 0 atom stereocenters. The highest BCUT2D eigenvalue weighted by atomic mass is 79.9. The summed E-state index contributed by atoms with van der Waals surface area (Å²) in [7, 11) is 0. The molecule has 2 aromatic carbocycles. The fraction of sp³-hybridized carbons (Fsp3) is 0.324. The summed E-state index contributed by atoms with van der Waals surface area (Å²) in [5.41, 5.74) is 6.48. The van der Waals surface area contributed by atoms with Crippen LogP contribution in [0.25, 0.3) is 22.2 Å². The van der Waals surface area contributed by atoms with Crippen LogP contribution in [0, 0.1) is 11.8 Å². The van der Waals surface area contributed by atoms with Gasteiger partial charge in [-0.15, -0.1) is 0 Å². The van der Waals surface area contributed by atoms with Crippen molar-refractivity contribution in [3.05, 3.63) is 87.8 Å². The zero-order chi connectivity index (χ0) is 29.5. The molecule has 0 saturated heterocycles. The Bertz CT molecular complexity index is 1630. The van der Waals surface area contributed by atoms with E-state index in [-0.39, 0.29) is 23.4 Å². The molecule has 4 rings (SSSR count). The number of amides is 2. The fourth-order valence-electron chi connectivity index (χ4n) is 4.87. The first-order valence-electron chi connectivity index (χ1n) is 14.1. The molecule has 0 aliphatic carbocycles. The van der Waals surface area contributed by atoms with Crippen LogP contribution >= 0.6 is 15.9 Å². The number of aromatic nitrogens is 2. The number of carbonyl (C=O) groups is 1. The Balaban J connectivity index is 1.79. The third kappa shape index (κ3) is 7.07. The minimum Gasteiger partial charge on any atom is -0.307 e. The number of alkyl halides is 1. The summed E-state index contributed by atoms with van der Waals surface area (Å²) >= 11 is 3.37. The molecule has 2 amide bonds. The number of nitrogens with one attached hydrogen (secondary N) is 2. The van der Waals surface area contributed by atoms with Crippen molar-refractivity contribution in [2.75, 3.05) is 22.1 Å². The second-order valence-electron chi connectivity index (χ2n) is 10.7. The van der Waals surface area contributed by atoms with Gasteiger partial charge in [-0.1, -0.05) is 80.9 Å². The lowest BCUT2D eigenvalue weighted by Gasteiger charge is -2.27. The van der Waals surface area contributed by atoms with Crippen molar-refractivity contribution in [1.82, 2.24) is 9.97 Å². The average molecular weight is 614 g/mol. The molecule has 41 heavy (non-hydrogen) atoms. The summed E-state index contributed by atoms with van der Waals surface area (Å²) in [5, 5.41) is 4.63. The van der Waals surface area contributed by atoms with Crippen molar-refractivity contribution in [1.29, 1.82) is 0 Å². The first-order valence-corrected chi connectivity index (χ1v) is 15.2. The number of aromatic amines is 1. The van der Waals surface area contributed by atoms with Crippen molar-refractivity contribution in [2.45, 2.75) is 59.3 Å². The van der Waals surface area contributed by atoms with Gasteiger partial charge in [0.25, 0.3) is 5.56 Å². The van der Waals surface area contributed by atoms with E-state index in [4.69, 9.17) is 0 Å². The van der Waals surface area contributed by atoms with E-state index in [1.54, 1.807) is 17.2 Å². The summed E-state index contributed by atoms with van der Waals surface area (Å²) < 4.78 is 0. The second-order valence-corrected chi connectivity index (χ2v) is 11.3. The van der Waals surface area contributed by atoms with Crippen LogP contribution < -0.4 is 15.8 Å². The molecule has 0 bridgehead atoms. The molecule has 2 heterocycles. The fourth-order valence-corrected chi connectivity index (χ4v) is 5.01. The van der Waals surface area contributed by atoms with E-state index in [9.17, 15) is 9.59 Å². The van der Waals surface area contributed by atoms with Gasteiger partial charge in [0.05, 0.1) is 5.33 Å². The molecule has 7 heteroatoms. The van der Waals surface area contributed by atoms with E-state index < -0.39 is 0 Å². The van der Waals surface area contributed by atoms with Crippen LogP contribution in [-0.4, -0.2) is 27.9 Å². The quantitative estimate of drug-likeness (QED) is 0.155. The molecule has 0 saturated carbocycles. The van der Waals surface area contributed by atoms with E-state index in [2.05, 4.69) is 102 Å². The van der Waals surface area contributed by atoms with Gasteiger partial charge in [0.15, 0.2) is 0 Å². The molecule has 6 nitrogen and oxygen atoms in total. The third-order valence-corrected chi connectivity index (χ3v) is 7.32. The van der Waals surface area contributed by atoms with Crippen LogP contribution in [0.15, 0.2) is 65.6 Å². The monoisotopic (exact) mass is 612 g/mol. The summed E-state index contributed by atoms with van der Waals surface area (Å²) in [6.07, 6.45) is 3.29. The molecule has 0 aliphatic rings. The largest absolute Gasteiger partial charge is 0.326 e. The topological polar surface area (TPSA) is 78.1 Å². The van der Waals surface area contributed by atoms with Crippen LogP contribution in [0.5, 0.6) is 0 Å². The molecule has 0 fully saturated rings. The van der Waals surface area contributed by atoms with Crippen LogP contribution in [0.2, 0.25) is 0 Å². The Labute approximate surface area is 250 Å². The molecular formula is C34H37BrN4O2. The lowest BCUT2D eigenvalue weighted by Crippen LogP contribution is -2.39. The Kier molecular flexibility index (Phi) is 10.0. The predicted molar refractivity (Wildman–Crippen MR) is 174 cm³/mol. The molecule has 0 unspecified atom stereocenters. The van der Waals surface area contributed by atoms with Crippen molar-refractivity contribution in [2.24, 2.45) is 0 Å². The van der Waals surface area contributed by atoms with Crippen LogP contribution in [0.4, 0.5) is 16.2 Å². The minimum atomic E-state index is -0.339. The van der Waals surface area contributed by atoms with Crippen molar-refractivity contribution in [3.63, 3.8) is 0 Å². The van der Waals surface area contributed by atoms with Crippen molar-refractivity contribution in [3.8, 4) is 23.0 Å². The molecule has 0 aliphatic heterocycles. The van der Waals surface area contributed by atoms with Gasteiger partial charge in [-0.3, -0.25) is 9.69 Å². The van der Waals surface area contributed by atoms with Gasteiger partial charge < -0.3 is 10.3 Å². The van der Waals surface area contributed by atoms with E-state index in [0.29, 0.717) is 23.2 Å². The highest BCUT2D eigenvalue weighted by Crippen LogP contribution is 2.37. The number of fused-ring (bicyclic) bond motifs is 1. The smallest absolute Gasteiger partial charge is 0.307 e. The van der Waals surface area contributed by atoms with Gasteiger partial charge in [-0.05, 0) is 83.0 Å². The number of pyridine rings is 2.